The Morgan fingerprint density at radius 3 is 2.64 bits per heavy atom. The lowest BCUT2D eigenvalue weighted by Gasteiger charge is -2.15. The van der Waals surface area contributed by atoms with Gasteiger partial charge in [0.05, 0.1) is 27.6 Å². The largest absolute Gasteiger partial charge is 0.463 e. The lowest BCUT2D eigenvalue weighted by Crippen LogP contribution is -2.23. The molecule has 0 radical (unpaired) electrons. The van der Waals surface area contributed by atoms with Gasteiger partial charge < -0.3 is 10.1 Å². The van der Waals surface area contributed by atoms with Gasteiger partial charge in [0.2, 0.25) is 0 Å². The molecular formula is C18H17Cl2N5O2S. The number of hydrogen-bond acceptors (Lipinski definition) is 5. The Morgan fingerprint density at radius 1 is 1.25 bits per heavy atom. The lowest BCUT2D eigenvalue weighted by atomic mass is 10.2. The van der Waals surface area contributed by atoms with E-state index in [-0.39, 0.29) is 24.3 Å². The number of nitrogens with zero attached hydrogens (tertiary/aromatic N) is 3. The van der Waals surface area contributed by atoms with E-state index in [0.29, 0.717) is 28.9 Å². The molecule has 2 aromatic heterocycles. The van der Waals surface area contributed by atoms with Crippen LogP contribution in [0, 0.1) is 5.41 Å². The number of amides is 1. The van der Waals surface area contributed by atoms with Crippen LogP contribution in [0.25, 0.3) is 5.69 Å². The van der Waals surface area contributed by atoms with E-state index < -0.39 is 0 Å². The number of hydrogen-bond donors (Lipinski definition) is 2. The Kier molecular flexibility index (Phi) is 6.23. The Bertz CT molecular complexity index is 986. The van der Waals surface area contributed by atoms with Crippen molar-refractivity contribution >= 4 is 53.0 Å². The van der Waals surface area contributed by atoms with Gasteiger partial charge in [-0.15, -0.1) is 23.7 Å². The predicted octanol–water partition coefficient (Wildman–Crippen LogP) is 3.71. The van der Waals surface area contributed by atoms with Crippen molar-refractivity contribution in [2.45, 2.75) is 6.54 Å². The quantitative estimate of drug-likeness (QED) is 0.636. The Hall–Kier alpha value is -2.55. The summed E-state index contributed by atoms with van der Waals surface area (Å²) in [6.45, 7) is 1.60. The molecule has 1 amide bonds. The molecule has 3 heterocycles. The fourth-order valence-corrected chi connectivity index (χ4v) is 3.70. The summed E-state index contributed by atoms with van der Waals surface area (Å²) in [4.78, 5) is 14.5. The summed E-state index contributed by atoms with van der Waals surface area (Å²) < 4.78 is 7.51. The molecule has 28 heavy (non-hydrogen) atoms. The number of amidine groups is 1. The van der Waals surface area contributed by atoms with Crippen LogP contribution < -0.4 is 10.2 Å². The first-order chi connectivity index (χ1) is 13.1. The monoisotopic (exact) mass is 437 g/mol. The van der Waals surface area contributed by atoms with Gasteiger partial charge in [-0.05, 0) is 36.4 Å². The summed E-state index contributed by atoms with van der Waals surface area (Å²) in [5.74, 6) is -0.153. The van der Waals surface area contributed by atoms with Gasteiger partial charge in [0.15, 0.2) is 0 Å². The van der Waals surface area contributed by atoms with Gasteiger partial charge in [-0.1, -0.05) is 11.6 Å². The number of aromatic nitrogens is 2. The zero-order valence-electron chi connectivity index (χ0n) is 14.6. The molecule has 2 N–H and O–H groups in total. The molecule has 0 aliphatic carbocycles. The summed E-state index contributed by atoms with van der Waals surface area (Å²) in [7, 11) is 0. The number of benzene rings is 1. The van der Waals surface area contributed by atoms with Crippen molar-refractivity contribution in [3.05, 3.63) is 63.6 Å². The van der Waals surface area contributed by atoms with Crippen molar-refractivity contribution in [1.29, 1.82) is 5.41 Å². The van der Waals surface area contributed by atoms with Crippen molar-refractivity contribution in [3.63, 3.8) is 0 Å². The zero-order valence-corrected chi connectivity index (χ0v) is 17.0. The minimum absolute atomic E-state index is 0. The Balaban J connectivity index is 0.00000225. The first-order valence-electron chi connectivity index (χ1n) is 8.26. The number of carbonyl (C=O) groups excluding carboxylic acids is 1. The van der Waals surface area contributed by atoms with Gasteiger partial charge in [0, 0.05) is 24.0 Å². The van der Waals surface area contributed by atoms with Crippen molar-refractivity contribution in [2.24, 2.45) is 0 Å². The second kappa shape index (κ2) is 8.64. The van der Waals surface area contributed by atoms with E-state index in [1.165, 1.54) is 11.3 Å². The number of ether oxygens (including phenoxy) is 1. The fourth-order valence-electron chi connectivity index (χ4n) is 2.74. The van der Waals surface area contributed by atoms with Gasteiger partial charge in [0.25, 0.3) is 11.9 Å². The van der Waals surface area contributed by atoms with Crippen LogP contribution in [0.3, 0.4) is 0 Å². The van der Waals surface area contributed by atoms with Crippen molar-refractivity contribution in [3.8, 4) is 5.69 Å². The zero-order chi connectivity index (χ0) is 18.8. The number of rotatable bonds is 5. The molecule has 0 saturated carbocycles. The maximum absolute atomic E-state index is 12.1. The van der Waals surface area contributed by atoms with E-state index in [1.807, 2.05) is 35.4 Å². The summed E-state index contributed by atoms with van der Waals surface area (Å²) >= 11 is 7.11. The van der Waals surface area contributed by atoms with Crippen molar-refractivity contribution in [1.82, 2.24) is 15.1 Å². The van der Waals surface area contributed by atoms with Gasteiger partial charge in [-0.25, -0.2) is 4.68 Å². The molecule has 4 rings (SSSR count). The van der Waals surface area contributed by atoms with E-state index in [4.69, 9.17) is 21.7 Å². The minimum Gasteiger partial charge on any atom is -0.463 e. The molecule has 1 saturated heterocycles. The van der Waals surface area contributed by atoms with Gasteiger partial charge in [-0.3, -0.25) is 15.1 Å². The van der Waals surface area contributed by atoms with Crippen LogP contribution in [0.15, 0.2) is 48.8 Å². The standard InChI is InChI=1S/C18H16ClN5O2S.ClH/c19-16-6-5-15(27-16)17(25)21-9-12-10-22-24(11-12)14-3-1-13(2-4-14)23-7-8-26-18(23)20;/h1-6,10-11,20H,7-9H2,(H,21,25);1H. The molecular weight excluding hydrogens is 421 g/mol. The number of thiophene rings is 1. The SMILES string of the molecule is Cl.N=C1OCCN1c1ccc(-n2cc(CNC(=O)c3ccc(Cl)s3)cn2)cc1. The summed E-state index contributed by atoms with van der Waals surface area (Å²) in [6.07, 6.45) is 3.59. The first kappa shape index (κ1) is 20.2. The molecule has 10 heteroatoms. The molecule has 0 atom stereocenters. The minimum atomic E-state index is -0.153. The lowest BCUT2D eigenvalue weighted by molar-refractivity contribution is 0.0955. The molecule has 3 aromatic rings. The molecule has 7 nitrogen and oxygen atoms in total. The van der Waals surface area contributed by atoms with Crippen LogP contribution in [-0.4, -0.2) is 34.9 Å². The van der Waals surface area contributed by atoms with Crippen molar-refractivity contribution < 1.29 is 9.53 Å². The van der Waals surface area contributed by atoms with Gasteiger partial charge in [-0.2, -0.15) is 5.10 Å². The van der Waals surface area contributed by atoms with E-state index in [2.05, 4.69) is 10.4 Å². The number of anilines is 1. The first-order valence-corrected chi connectivity index (χ1v) is 9.46. The van der Waals surface area contributed by atoms with E-state index in [9.17, 15) is 4.79 Å². The highest BCUT2D eigenvalue weighted by atomic mass is 35.5. The third kappa shape index (κ3) is 4.30. The summed E-state index contributed by atoms with van der Waals surface area (Å²) in [6, 6.07) is 11.3. The van der Waals surface area contributed by atoms with Crippen LogP contribution in [0.4, 0.5) is 5.69 Å². The molecule has 146 valence electrons. The average molecular weight is 438 g/mol. The fraction of sp³-hybridized carbons (Fsp3) is 0.167. The highest BCUT2D eigenvalue weighted by Gasteiger charge is 2.19. The number of nitrogens with one attached hydrogen (secondary N) is 2. The molecule has 1 aromatic carbocycles. The smallest absolute Gasteiger partial charge is 0.289 e. The summed E-state index contributed by atoms with van der Waals surface area (Å²) in [5, 5.41) is 15.0. The maximum Gasteiger partial charge on any atom is 0.289 e. The van der Waals surface area contributed by atoms with Gasteiger partial charge >= 0.3 is 0 Å². The molecule has 0 unspecified atom stereocenters. The molecule has 1 aliphatic heterocycles. The van der Waals surface area contributed by atoms with Crippen LogP contribution in [-0.2, 0) is 11.3 Å². The third-order valence-corrected chi connectivity index (χ3v) is 5.34. The van der Waals surface area contributed by atoms with Crippen molar-refractivity contribution in [2.75, 3.05) is 18.1 Å². The number of halogens is 2. The Morgan fingerprint density at radius 2 is 2.00 bits per heavy atom. The predicted molar refractivity (Wildman–Crippen MR) is 112 cm³/mol. The Labute approximate surface area is 176 Å². The normalized spacial score (nSPS) is 13.2. The van der Waals surface area contributed by atoms with Crippen LogP contribution >= 0.6 is 35.3 Å². The highest BCUT2D eigenvalue weighted by molar-refractivity contribution is 7.17. The second-order valence-corrected chi connectivity index (χ2v) is 7.62. The number of carbonyl (C=O) groups is 1. The molecule has 0 spiro atoms. The van der Waals surface area contributed by atoms with Crippen LogP contribution in [0.2, 0.25) is 4.34 Å². The second-order valence-electron chi connectivity index (χ2n) is 5.90. The third-order valence-electron chi connectivity index (χ3n) is 4.11. The molecule has 1 aliphatic rings. The van der Waals surface area contributed by atoms with E-state index >= 15 is 0 Å². The summed E-state index contributed by atoms with van der Waals surface area (Å²) in [5.41, 5.74) is 2.70. The molecule has 1 fully saturated rings. The van der Waals surface area contributed by atoms with E-state index in [0.717, 1.165) is 16.9 Å². The van der Waals surface area contributed by atoms with Crippen LogP contribution in [0.1, 0.15) is 15.2 Å². The topological polar surface area (TPSA) is 83.2 Å². The van der Waals surface area contributed by atoms with Gasteiger partial charge in [0.1, 0.15) is 6.61 Å². The maximum atomic E-state index is 12.1. The van der Waals surface area contributed by atoms with E-state index in [1.54, 1.807) is 23.0 Å². The highest BCUT2D eigenvalue weighted by Crippen LogP contribution is 2.22. The van der Waals surface area contributed by atoms with Crippen LogP contribution in [0.5, 0.6) is 0 Å². The molecule has 0 bridgehead atoms. The average Bonchev–Trinajstić information content (AvgIpc) is 3.41.